The van der Waals surface area contributed by atoms with E-state index in [1.165, 1.54) is 0 Å². The van der Waals surface area contributed by atoms with E-state index in [0.29, 0.717) is 50.3 Å². The zero-order valence-corrected chi connectivity index (χ0v) is 20.8. The van der Waals surface area contributed by atoms with Gasteiger partial charge in [0.2, 0.25) is 5.91 Å². The van der Waals surface area contributed by atoms with E-state index in [4.69, 9.17) is 5.11 Å². The van der Waals surface area contributed by atoms with E-state index in [2.05, 4.69) is 27.2 Å². The standard InChI is InChI=1S/C29H32N4O4/c34-26-9-5-4-8-24(26)25-19-23(20-30-31-25)32-16-12-29(13-17-32,22-6-2-1-3-7-22)28(37)33-14-10-21(11-15-33)18-27(35)36/h1-9,19-21,34H,10-18H2,(H,35,36). The number of carboxylic acids is 1. The highest BCUT2D eigenvalue weighted by molar-refractivity contribution is 5.89. The minimum Gasteiger partial charge on any atom is -0.507 e. The number of benzene rings is 2. The van der Waals surface area contributed by atoms with E-state index >= 15 is 0 Å². The summed E-state index contributed by atoms with van der Waals surface area (Å²) in [4.78, 5) is 29.4. The van der Waals surface area contributed by atoms with Crippen molar-refractivity contribution in [3.63, 3.8) is 0 Å². The van der Waals surface area contributed by atoms with E-state index in [1.807, 2.05) is 41.3 Å². The second-order valence-electron chi connectivity index (χ2n) is 10.1. The first kappa shape index (κ1) is 24.7. The van der Waals surface area contributed by atoms with Gasteiger partial charge in [-0.05, 0) is 55.4 Å². The number of para-hydroxylation sites is 1. The van der Waals surface area contributed by atoms with Gasteiger partial charge in [-0.3, -0.25) is 9.59 Å². The third-order valence-corrected chi connectivity index (χ3v) is 7.90. The maximum Gasteiger partial charge on any atom is 0.303 e. The number of carboxylic acid groups (broad SMARTS) is 1. The van der Waals surface area contributed by atoms with Crippen molar-refractivity contribution in [2.24, 2.45) is 5.92 Å². The van der Waals surface area contributed by atoms with Crippen LogP contribution in [0, 0.1) is 5.92 Å². The summed E-state index contributed by atoms with van der Waals surface area (Å²) in [6.07, 6.45) is 4.69. The van der Waals surface area contributed by atoms with Gasteiger partial charge in [0.05, 0.1) is 23.0 Å². The molecule has 0 unspecified atom stereocenters. The smallest absolute Gasteiger partial charge is 0.303 e. The van der Waals surface area contributed by atoms with Crippen LogP contribution in [-0.4, -0.2) is 63.4 Å². The number of rotatable bonds is 6. The molecule has 2 aliphatic rings. The largest absolute Gasteiger partial charge is 0.507 e. The molecular formula is C29H32N4O4. The number of carbonyl (C=O) groups is 2. The molecule has 0 aliphatic carbocycles. The molecule has 1 amide bonds. The Morgan fingerprint density at radius 1 is 0.946 bits per heavy atom. The molecular weight excluding hydrogens is 468 g/mol. The van der Waals surface area contributed by atoms with Crippen LogP contribution in [-0.2, 0) is 15.0 Å². The van der Waals surface area contributed by atoms with Gasteiger partial charge < -0.3 is 20.0 Å². The van der Waals surface area contributed by atoms with E-state index in [1.54, 1.807) is 18.3 Å². The van der Waals surface area contributed by atoms with Crippen LogP contribution < -0.4 is 4.90 Å². The molecule has 1 aromatic heterocycles. The van der Waals surface area contributed by atoms with Gasteiger partial charge in [0.25, 0.3) is 0 Å². The van der Waals surface area contributed by atoms with Crippen molar-refractivity contribution in [1.29, 1.82) is 0 Å². The molecule has 2 fully saturated rings. The van der Waals surface area contributed by atoms with E-state index in [-0.39, 0.29) is 24.0 Å². The number of piperidine rings is 2. The van der Waals surface area contributed by atoms with Crippen molar-refractivity contribution in [3.8, 4) is 17.0 Å². The zero-order valence-electron chi connectivity index (χ0n) is 20.8. The Morgan fingerprint density at radius 3 is 2.30 bits per heavy atom. The molecule has 8 heteroatoms. The van der Waals surface area contributed by atoms with Gasteiger partial charge in [-0.15, -0.1) is 0 Å². The molecule has 0 spiro atoms. The molecule has 0 radical (unpaired) electrons. The molecule has 3 heterocycles. The predicted molar refractivity (Wildman–Crippen MR) is 140 cm³/mol. The van der Waals surface area contributed by atoms with Gasteiger partial charge in [0.15, 0.2) is 0 Å². The fraction of sp³-hybridized carbons (Fsp3) is 0.379. The molecule has 2 aliphatic heterocycles. The number of likely N-dealkylation sites (tertiary alicyclic amines) is 1. The summed E-state index contributed by atoms with van der Waals surface area (Å²) in [6.45, 7) is 2.57. The highest BCUT2D eigenvalue weighted by Gasteiger charge is 2.45. The summed E-state index contributed by atoms with van der Waals surface area (Å²) in [5.74, 6) is -0.328. The van der Waals surface area contributed by atoms with Crippen LogP contribution in [0.2, 0.25) is 0 Å². The third kappa shape index (κ3) is 5.14. The monoisotopic (exact) mass is 500 g/mol. The third-order valence-electron chi connectivity index (χ3n) is 7.90. The highest BCUT2D eigenvalue weighted by Crippen LogP contribution is 2.40. The number of anilines is 1. The first-order valence-corrected chi connectivity index (χ1v) is 12.9. The number of hydrogen-bond acceptors (Lipinski definition) is 6. The van der Waals surface area contributed by atoms with Gasteiger partial charge in [0.1, 0.15) is 5.75 Å². The van der Waals surface area contributed by atoms with Crippen molar-refractivity contribution in [2.45, 2.75) is 37.5 Å². The lowest BCUT2D eigenvalue weighted by Crippen LogP contribution is -2.54. The molecule has 2 saturated heterocycles. The van der Waals surface area contributed by atoms with Crippen molar-refractivity contribution < 1.29 is 19.8 Å². The number of amides is 1. The fourth-order valence-corrected chi connectivity index (χ4v) is 5.77. The minimum atomic E-state index is -0.769. The quantitative estimate of drug-likeness (QED) is 0.525. The predicted octanol–water partition coefficient (Wildman–Crippen LogP) is 4.10. The number of nitrogens with zero attached hydrogens (tertiary/aromatic N) is 4. The molecule has 0 bridgehead atoms. The summed E-state index contributed by atoms with van der Waals surface area (Å²) in [6, 6.07) is 19.1. The number of aliphatic carboxylic acids is 1. The minimum absolute atomic E-state index is 0.133. The summed E-state index contributed by atoms with van der Waals surface area (Å²) in [5.41, 5.74) is 2.58. The van der Waals surface area contributed by atoms with Gasteiger partial charge in [-0.25, -0.2) is 0 Å². The fourth-order valence-electron chi connectivity index (χ4n) is 5.77. The molecule has 8 nitrogen and oxygen atoms in total. The summed E-state index contributed by atoms with van der Waals surface area (Å²) >= 11 is 0. The molecule has 37 heavy (non-hydrogen) atoms. The topological polar surface area (TPSA) is 107 Å². The molecule has 0 atom stereocenters. The number of carbonyl (C=O) groups excluding carboxylic acids is 1. The molecule has 2 aromatic carbocycles. The Balaban J connectivity index is 1.35. The maximum absolute atomic E-state index is 14.1. The van der Waals surface area contributed by atoms with Crippen LogP contribution in [0.3, 0.4) is 0 Å². The Hall–Kier alpha value is -3.94. The molecule has 5 rings (SSSR count). The average Bonchev–Trinajstić information content (AvgIpc) is 2.94. The lowest BCUT2D eigenvalue weighted by atomic mass is 9.71. The Bertz CT molecular complexity index is 1250. The summed E-state index contributed by atoms with van der Waals surface area (Å²) in [7, 11) is 0. The number of phenolic OH excluding ortho intramolecular Hbond substituents is 1. The Kier molecular flexibility index (Phi) is 7.08. The first-order chi connectivity index (χ1) is 18.0. The highest BCUT2D eigenvalue weighted by atomic mass is 16.4. The van der Waals surface area contributed by atoms with Gasteiger partial charge in [-0.2, -0.15) is 10.2 Å². The second-order valence-corrected chi connectivity index (χ2v) is 10.1. The Labute approximate surface area is 216 Å². The van der Waals surface area contributed by atoms with Crippen LogP contribution >= 0.6 is 0 Å². The summed E-state index contributed by atoms with van der Waals surface area (Å²) in [5, 5.41) is 27.8. The Morgan fingerprint density at radius 2 is 1.62 bits per heavy atom. The van der Waals surface area contributed by atoms with Crippen molar-refractivity contribution in [3.05, 3.63) is 72.4 Å². The normalized spacial score (nSPS) is 17.9. The van der Waals surface area contributed by atoms with E-state index in [0.717, 1.165) is 24.1 Å². The van der Waals surface area contributed by atoms with Gasteiger partial charge in [0, 0.05) is 38.2 Å². The van der Waals surface area contributed by atoms with Crippen molar-refractivity contribution in [2.75, 3.05) is 31.1 Å². The molecule has 192 valence electrons. The number of hydrogen-bond donors (Lipinski definition) is 2. The summed E-state index contributed by atoms with van der Waals surface area (Å²) < 4.78 is 0. The SMILES string of the molecule is O=C(O)CC1CCN(C(=O)C2(c3ccccc3)CCN(c3cnnc(-c4ccccc4O)c3)CC2)CC1. The van der Waals surface area contributed by atoms with Crippen LogP contribution in [0.5, 0.6) is 5.75 Å². The van der Waals surface area contributed by atoms with Crippen molar-refractivity contribution >= 4 is 17.6 Å². The number of aromatic hydroxyl groups is 1. The molecule has 2 N–H and O–H groups in total. The van der Waals surface area contributed by atoms with Crippen LogP contribution in [0.4, 0.5) is 5.69 Å². The van der Waals surface area contributed by atoms with Gasteiger partial charge >= 0.3 is 5.97 Å². The first-order valence-electron chi connectivity index (χ1n) is 12.9. The van der Waals surface area contributed by atoms with Crippen LogP contribution in [0.1, 0.15) is 37.7 Å². The van der Waals surface area contributed by atoms with Crippen LogP contribution in [0.15, 0.2) is 66.9 Å². The lowest BCUT2D eigenvalue weighted by Gasteiger charge is -2.45. The van der Waals surface area contributed by atoms with Crippen LogP contribution in [0.25, 0.3) is 11.3 Å². The average molecular weight is 501 g/mol. The van der Waals surface area contributed by atoms with E-state index < -0.39 is 11.4 Å². The second kappa shape index (κ2) is 10.6. The molecule has 0 saturated carbocycles. The number of aromatic nitrogens is 2. The van der Waals surface area contributed by atoms with Gasteiger partial charge in [-0.1, -0.05) is 42.5 Å². The maximum atomic E-state index is 14.1. The zero-order chi connectivity index (χ0) is 25.8. The number of phenols is 1. The van der Waals surface area contributed by atoms with Crippen molar-refractivity contribution in [1.82, 2.24) is 15.1 Å². The molecule has 3 aromatic rings. The van der Waals surface area contributed by atoms with E-state index in [9.17, 15) is 14.7 Å². The lowest BCUT2D eigenvalue weighted by molar-refractivity contribution is -0.141.